The van der Waals surface area contributed by atoms with Crippen LogP contribution in [-0.4, -0.2) is 30.5 Å². The molecule has 29 heavy (non-hydrogen) atoms. The Hall–Kier alpha value is -3.47. The molecule has 146 valence electrons. The first kappa shape index (κ1) is 17.6. The minimum Gasteiger partial charge on any atom is -0.508 e. The molecule has 0 radical (unpaired) electrons. The van der Waals surface area contributed by atoms with Gasteiger partial charge in [-0.15, -0.1) is 0 Å². The zero-order valence-electron chi connectivity index (χ0n) is 15.8. The molecule has 2 aliphatic rings. The van der Waals surface area contributed by atoms with Gasteiger partial charge in [0, 0.05) is 12.0 Å². The Balaban J connectivity index is 1.24. The first-order chi connectivity index (χ1) is 14.2. The van der Waals surface area contributed by atoms with Crippen molar-refractivity contribution in [2.24, 2.45) is 0 Å². The lowest BCUT2D eigenvalue weighted by Gasteiger charge is -2.26. The van der Waals surface area contributed by atoms with E-state index < -0.39 is 6.09 Å². The molecule has 0 saturated heterocycles. The van der Waals surface area contributed by atoms with Crippen LogP contribution < -0.4 is 10.1 Å². The Bertz CT molecular complexity index is 1030. The maximum atomic E-state index is 12.4. The van der Waals surface area contributed by atoms with Gasteiger partial charge in [0.15, 0.2) is 0 Å². The van der Waals surface area contributed by atoms with Crippen LogP contribution in [0.2, 0.25) is 0 Å². The lowest BCUT2D eigenvalue weighted by molar-refractivity contribution is 0.132. The van der Waals surface area contributed by atoms with Gasteiger partial charge in [-0.1, -0.05) is 54.6 Å². The molecule has 2 N–H and O–H groups in total. The minimum atomic E-state index is -0.442. The summed E-state index contributed by atoms with van der Waals surface area (Å²) in [5, 5.41) is 12.4. The SMILES string of the molecule is O=C(NC1COc2cc(O)ccc2C1)OCC1c2ccccc2-c2ccccc21. The summed E-state index contributed by atoms with van der Waals surface area (Å²) in [4.78, 5) is 12.4. The molecule has 0 spiro atoms. The maximum Gasteiger partial charge on any atom is 0.407 e. The third-order valence-electron chi connectivity index (χ3n) is 5.62. The normalized spacial score (nSPS) is 16.9. The molecular formula is C24H21NO4. The zero-order valence-corrected chi connectivity index (χ0v) is 15.8. The second kappa shape index (κ2) is 7.17. The number of hydrogen-bond donors (Lipinski definition) is 2. The van der Waals surface area contributed by atoms with Crippen LogP contribution in [0.4, 0.5) is 4.79 Å². The number of carbonyl (C=O) groups is 1. The largest absolute Gasteiger partial charge is 0.508 e. The highest BCUT2D eigenvalue weighted by atomic mass is 16.5. The Kier molecular flexibility index (Phi) is 4.35. The van der Waals surface area contributed by atoms with Crippen LogP contribution in [0.15, 0.2) is 66.7 Å². The molecule has 5 rings (SSSR count). The number of aromatic hydroxyl groups is 1. The van der Waals surface area contributed by atoms with Crippen molar-refractivity contribution >= 4 is 6.09 Å². The van der Waals surface area contributed by atoms with E-state index in [-0.39, 0.29) is 24.3 Å². The van der Waals surface area contributed by atoms with E-state index in [9.17, 15) is 9.90 Å². The molecule has 1 amide bonds. The molecule has 1 heterocycles. The van der Waals surface area contributed by atoms with Crippen LogP contribution in [0.1, 0.15) is 22.6 Å². The summed E-state index contributed by atoms with van der Waals surface area (Å²) in [6.45, 7) is 0.637. The van der Waals surface area contributed by atoms with Crippen LogP contribution in [0, 0.1) is 0 Å². The molecule has 3 aromatic carbocycles. The average Bonchev–Trinajstić information content (AvgIpc) is 3.06. The van der Waals surface area contributed by atoms with Gasteiger partial charge >= 0.3 is 6.09 Å². The molecule has 5 heteroatoms. The summed E-state index contributed by atoms with van der Waals surface area (Å²) in [6.07, 6.45) is 0.197. The van der Waals surface area contributed by atoms with Gasteiger partial charge < -0.3 is 19.9 Å². The first-order valence-electron chi connectivity index (χ1n) is 9.75. The fraction of sp³-hybridized carbons (Fsp3) is 0.208. The highest BCUT2D eigenvalue weighted by molar-refractivity contribution is 5.79. The summed E-state index contributed by atoms with van der Waals surface area (Å²) >= 11 is 0. The number of phenols is 1. The number of nitrogens with one attached hydrogen (secondary N) is 1. The quantitative estimate of drug-likeness (QED) is 0.706. The molecule has 1 unspecified atom stereocenters. The van der Waals surface area contributed by atoms with E-state index in [1.165, 1.54) is 22.3 Å². The van der Waals surface area contributed by atoms with Crippen LogP contribution in [-0.2, 0) is 11.2 Å². The van der Waals surface area contributed by atoms with Crippen molar-refractivity contribution in [2.45, 2.75) is 18.4 Å². The zero-order chi connectivity index (χ0) is 19.8. The number of carbonyl (C=O) groups excluding carboxylic acids is 1. The lowest BCUT2D eigenvalue weighted by atomic mass is 9.98. The van der Waals surface area contributed by atoms with E-state index in [4.69, 9.17) is 9.47 Å². The van der Waals surface area contributed by atoms with Crippen LogP contribution in [0.5, 0.6) is 11.5 Å². The second-order valence-electron chi connectivity index (χ2n) is 7.47. The van der Waals surface area contributed by atoms with Crippen molar-refractivity contribution in [1.29, 1.82) is 0 Å². The number of ether oxygens (including phenoxy) is 2. The lowest BCUT2D eigenvalue weighted by Crippen LogP contribution is -2.43. The summed E-state index contributed by atoms with van der Waals surface area (Å²) in [6, 6.07) is 21.4. The number of hydrogen-bond acceptors (Lipinski definition) is 4. The van der Waals surface area contributed by atoms with Crippen molar-refractivity contribution in [3.05, 3.63) is 83.4 Å². The predicted molar refractivity (Wildman–Crippen MR) is 109 cm³/mol. The van der Waals surface area contributed by atoms with E-state index in [0.29, 0.717) is 18.8 Å². The summed E-state index contributed by atoms with van der Waals surface area (Å²) in [5.41, 5.74) is 5.75. The third kappa shape index (κ3) is 3.29. The average molecular weight is 387 g/mol. The number of fused-ring (bicyclic) bond motifs is 4. The number of alkyl carbamates (subject to hydrolysis) is 1. The van der Waals surface area contributed by atoms with E-state index in [2.05, 4.69) is 29.6 Å². The molecule has 0 bridgehead atoms. The molecule has 0 aromatic heterocycles. The molecule has 0 saturated carbocycles. The fourth-order valence-electron chi connectivity index (χ4n) is 4.26. The molecular weight excluding hydrogens is 366 g/mol. The Morgan fingerprint density at radius 1 is 1.03 bits per heavy atom. The molecule has 3 aromatic rings. The fourth-order valence-corrected chi connectivity index (χ4v) is 4.26. The van der Waals surface area contributed by atoms with Gasteiger partial charge in [0.25, 0.3) is 0 Å². The van der Waals surface area contributed by atoms with E-state index >= 15 is 0 Å². The minimum absolute atomic E-state index is 0.0412. The monoisotopic (exact) mass is 387 g/mol. The summed E-state index contributed by atoms with van der Waals surface area (Å²) in [5.74, 6) is 0.877. The molecule has 0 fully saturated rings. The predicted octanol–water partition coefficient (Wildman–Crippen LogP) is 4.23. The maximum absolute atomic E-state index is 12.4. The van der Waals surface area contributed by atoms with Gasteiger partial charge in [-0.05, 0) is 40.3 Å². The molecule has 1 atom stereocenters. The second-order valence-corrected chi connectivity index (χ2v) is 7.47. The highest BCUT2D eigenvalue weighted by Gasteiger charge is 2.29. The topological polar surface area (TPSA) is 67.8 Å². The van der Waals surface area contributed by atoms with Gasteiger partial charge in [-0.3, -0.25) is 0 Å². The van der Waals surface area contributed by atoms with E-state index in [1.807, 2.05) is 30.3 Å². The first-order valence-corrected chi connectivity index (χ1v) is 9.75. The number of benzene rings is 3. The van der Waals surface area contributed by atoms with Crippen LogP contribution in [0.3, 0.4) is 0 Å². The van der Waals surface area contributed by atoms with Crippen LogP contribution in [0.25, 0.3) is 11.1 Å². The molecule has 1 aliphatic heterocycles. The van der Waals surface area contributed by atoms with E-state index in [1.54, 1.807) is 12.1 Å². The van der Waals surface area contributed by atoms with Gasteiger partial charge in [-0.25, -0.2) is 4.79 Å². The van der Waals surface area contributed by atoms with Gasteiger partial charge in [0.2, 0.25) is 0 Å². The van der Waals surface area contributed by atoms with E-state index in [0.717, 1.165) is 5.56 Å². The molecule has 5 nitrogen and oxygen atoms in total. The Labute approximate surface area is 168 Å². The number of rotatable bonds is 3. The van der Waals surface area contributed by atoms with Crippen molar-refractivity contribution in [3.63, 3.8) is 0 Å². The highest BCUT2D eigenvalue weighted by Crippen LogP contribution is 2.44. The van der Waals surface area contributed by atoms with Crippen molar-refractivity contribution in [2.75, 3.05) is 13.2 Å². The van der Waals surface area contributed by atoms with Crippen molar-refractivity contribution in [1.82, 2.24) is 5.32 Å². The van der Waals surface area contributed by atoms with Crippen molar-refractivity contribution in [3.8, 4) is 22.6 Å². The number of amides is 1. The van der Waals surface area contributed by atoms with Gasteiger partial charge in [-0.2, -0.15) is 0 Å². The van der Waals surface area contributed by atoms with Crippen molar-refractivity contribution < 1.29 is 19.4 Å². The Morgan fingerprint density at radius 3 is 2.45 bits per heavy atom. The summed E-state index contributed by atoms with van der Waals surface area (Å²) < 4.78 is 11.3. The number of phenolic OH excluding ortho intramolecular Hbond substituents is 1. The Morgan fingerprint density at radius 2 is 1.72 bits per heavy atom. The smallest absolute Gasteiger partial charge is 0.407 e. The van der Waals surface area contributed by atoms with Gasteiger partial charge in [0.05, 0.1) is 6.04 Å². The summed E-state index contributed by atoms with van der Waals surface area (Å²) in [7, 11) is 0. The standard InChI is InChI=1S/C24H21NO4/c26-17-10-9-15-11-16(13-28-23(15)12-17)25-24(27)29-14-22-20-7-3-1-5-18(20)19-6-2-4-8-21(19)22/h1-10,12,16,22,26H,11,13-14H2,(H,25,27). The third-order valence-corrected chi connectivity index (χ3v) is 5.62. The molecule has 1 aliphatic carbocycles. The van der Waals surface area contributed by atoms with Gasteiger partial charge in [0.1, 0.15) is 24.7 Å². The van der Waals surface area contributed by atoms with Crippen LogP contribution >= 0.6 is 0 Å².